The Balaban J connectivity index is 1.78. The number of aromatic carboxylic acids is 1. The third-order valence-corrected chi connectivity index (χ3v) is 6.10. The van der Waals surface area contributed by atoms with Crippen LogP contribution < -0.4 is 9.84 Å². The van der Waals surface area contributed by atoms with Crippen LogP contribution in [0.2, 0.25) is 5.02 Å². The Morgan fingerprint density at radius 3 is 2.51 bits per heavy atom. The van der Waals surface area contributed by atoms with E-state index >= 15 is 0 Å². The molecule has 0 atom stereocenters. The van der Waals surface area contributed by atoms with Crippen LogP contribution in [0.5, 0.6) is 5.75 Å². The lowest BCUT2D eigenvalue weighted by Gasteiger charge is -2.17. The Hall–Kier alpha value is -3.39. The molecule has 0 unspecified atom stereocenters. The van der Waals surface area contributed by atoms with E-state index in [-0.39, 0.29) is 17.3 Å². The highest BCUT2D eigenvalue weighted by atomic mass is 35.5. The van der Waals surface area contributed by atoms with Gasteiger partial charge in [-0.2, -0.15) is 13.2 Å². The third kappa shape index (κ3) is 5.48. The number of benzene rings is 2. The van der Waals surface area contributed by atoms with Crippen molar-refractivity contribution in [3.63, 3.8) is 0 Å². The number of halogens is 5. The second-order valence-electron chi connectivity index (χ2n) is 8.25. The topological polar surface area (TPSA) is 62.2 Å². The summed E-state index contributed by atoms with van der Waals surface area (Å²) in [5.41, 5.74) is 1.45. The van der Waals surface area contributed by atoms with E-state index in [1.807, 2.05) is 19.1 Å². The Kier molecular flexibility index (Phi) is 6.85. The number of carboxylic acid groups (broad SMARTS) is 1. The summed E-state index contributed by atoms with van der Waals surface area (Å²) in [4.78, 5) is 15.3. The number of nitrogens with zero attached hydrogens (tertiary/aromatic N) is 1. The van der Waals surface area contributed by atoms with E-state index in [0.29, 0.717) is 47.8 Å². The molecule has 0 radical (unpaired) electrons. The van der Waals surface area contributed by atoms with Gasteiger partial charge in [-0.05, 0) is 73.7 Å². The quantitative estimate of drug-likeness (QED) is 0.373. The molecule has 2 aromatic carbocycles. The Morgan fingerprint density at radius 1 is 1.09 bits per heavy atom. The number of ether oxygens (including phenoxy) is 1. The highest BCUT2D eigenvalue weighted by Crippen LogP contribution is 2.44. The van der Waals surface area contributed by atoms with Crippen molar-refractivity contribution in [2.24, 2.45) is 0 Å². The van der Waals surface area contributed by atoms with Crippen LogP contribution in [-0.2, 0) is 12.8 Å². The van der Waals surface area contributed by atoms with E-state index in [2.05, 4.69) is 4.98 Å². The lowest BCUT2D eigenvalue weighted by Crippen LogP contribution is -2.25. The molecule has 0 bridgehead atoms. The SMILES string of the molecule is Cc1ccc(OCc2ccc(F)cc2Cl)c(C2=C(c3cc(C(F)(F)F)cc(C(=O)[O-])n3)CCC2)c1. The molecule has 0 saturated carbocycles. The number of allylic oxidation sites excluding steroid dienone is 2. The van der Waals surface area contributed by atoms with Gasteiger partial charge in [-0.3, -0.25) is 0 Å². The van der Waals surface area contributed by atoms with Gasteiger partial charge in [-0.1, -0.05) is 29.3 Å². The fourth-order valence-electron chi connectivity index (χ4n) is 4.08. The number of rotatable bonds is 6. The average molecular weight is 505 g/mol. The smallest absolute Gasteiger partial charge is 0.416 e. The monoisotopic (exact) mass is 504 g/mol. The Bertz CT molecular complexity index is 1330. The molecule has 0 aliphatic heterocycles. The van der Waals surface area contributed by atoms with Gasteiger partial charge < -0.3 is 14.6 Å². The van der Waals surface area contributed by atoms with Gasteiger partial charge >= 0.3 is 6.18 Å². The van der Waals surface area contributed by atoms with Crippen molar-refractivity contribution in [3.05, 3.63) is 93.0 Å². The van der Waals surface area contributed by atoms with E-state index in [1.165, 1.54) is 18.2 Å². The number of aromatic nitrogens is 1. The minimum atomic E-state index is -4.74. The van der Waals surface area contributed by atoms with Gasteiger partial charge in [0.05, 0.1) is 27.9 Å². The van der Waals surface area contributed by atoms with Crippen molar-refractivity contribution in [1.29, 1.82) is 0 Å². The first-order chi connectivity index (χ1) is 16.5. The maximum absolute atomic E-state index is 13.4. The van der Waals surface area contributed by atoms with E-state index in [4.69, 9.17) is 16.3 Å². The zero-order valence-corrected chi connectivity index (χ0v) is 19.3. The first-order valence-electron chi connectivity index (χ1n) is 10.7. The van der Waals surface area contributed by atoms with Crippen LogP contribution in [0.15, 0.2) is 48.5 Å². The molecule has 0 saturated heterocycles. The van der Waals surface area contributed by atoms with E-state index in [9.17, 15) is 27.5 Å². The second-order valence-corrected chi connectivity index (χ2v) is 8.65. The maximum Gasteiger partial charge on any atom is 0.416 e. The molecule has 0 fully saturated rings. The summed E-state index contributed by atoms with van der Waals surface area (Å²) in [6.45, 7) is 1.92. The molecule has 4 rings (SSSR count). The van der Waals surface area contributed by atoms with Gasteiger partial charge in [0.1, 0.15) is 18.2 Å². The molecular weight excluding hydrogens is 486 g/mol. The van der Waals surface area contributed by atoms with Crippen LogP contribution in [-0.4, -0.2) is 11.0 Å². The first kappa shape index (κ1) is 24.7. The van der Waals surface area contributed by atoms with E-state index < -0.39 is 29.2 Å². The molecule has 3 aromatic rings. The number of carbonyl (C=O) groups excluding carboxylic acids is 1. The van der Waals surface area contributed by atoms with Crippen LogP contribution in [0.3, 0.4) is 0 Å². The second kappa shape index (κ2) is 9.70. The fraction of sp³-hybridized carbons (Fsp3) is 0.231. The normalized spacial score (nSPS) is 13.9. The van der Waals surface area contributed by atoms with Gasteiger partial charge in [0, 0.05) is 11.1 Å². The standard InChI is InChI=1S/C26H20ClF4NO3/c1-14-5-8-24(35-13-15-6-7-17(28)12-21(15)27)20(9-14)18-3-2-4-19(18)22-10-16(26(29,30)31)11-23(32-22)25(33)34/h5-12H,2-4,13H2,1H3,(H,33,34)/p-1. The number of alkyl halides is 3. The molecule has 182 valence electrons. The molecular formula is C26H19ClF4NO3-. The largest absolute Gasteiger partial charge is 0.543 e. The minimum absolute atomic E-state index is 0.0500. The van der Waals surface area contributed by atoms with Crippen LogP contribution in [0.4, 0.5) is 17.6 Å². The van der Waals surface area contributed by atoms with Crippen LogP contribution in [0.1, 0.15) is 57.7 Å². The van der Waals surface area contributed by atoms with Gasteiger partial charge in [-0.25, -0.2) is 9.37 Å². The zero-order chi connectivity index (χ0) is 25.3. The van der Waals surface area contributed by atoms with Crippen molar-refractivity contribution in [2.45, 2.75) is 39.0 Å². The Morgan fingerprint density at radius 2 is 1.83 bits per heavy atom. The average Bonchev–Trinajstić information content (AvgIpc) is 3.28. The zero-order valence-electron chi connectivity index (χ0n) is 18.5. The van der Waals surface area contributed by atoms with Gasteiger partial charge in [0.15, 0.2) is 0 Å². The molecule has 1 heterocycles. The lowest BCUT2D eigenvalue weighted by atomic mass is 9.96. The molecule has 4 nitrogen and oxygen atoms in total. The summed E-state index contributed by atoms with van der Waals surface area (Å²) in [7, 11) is 0. The van der Waals surface area contributed by atoms with Crippen molar-refractivity contribution in [3.8, 4) is 5.75 Å². The third-order valence-electron chi connectivity index (χ3n) is 5.75. The minimum Gasteiger partial charge on any atom is -0.543 e. The molecule has 35 heavy (non-hydrogen) atoms. The van der Waals surface area contributed by atoms with Crippen molar-refractivity contribution in [2.75, 3.05) is 0 Å². The van der Waals surface area contributed by atoms with Crippen molar-refractivity contribution < 1.29 is 32.2 Å². The number of carbonyl (C=O) groups is 1. The fourth-order valence-corrected chi connectivity index (χ4v) is 4.30. The van der Waals surface area contributed by atoms with Crippen molar-refractivity contribution >= 4 is 28.7 Å². The number of hydrogen-bond acceptors (Lipinski definition) is 4. The molecule has 1 aromatic heterocycles. The highest BCUT2D eigenvalue weighted by Gasteiger charge is 2.33. The summed E-state index contributed by atoms with van der Waals surface area (Å²) in [6, 6.07) is 10.7. The van der Waals surface area contributed by atoms with Gasteiger partial charge in [-0.15, -0.1) is 0 Å². The first-order valence-corrected chi connectivity index (χ1v) is 11.1. The van der Waals surface area contributed by atoms with Gasteiger partial charge in [0.25, 0.3) is 0 Å². The number of carboxylic acids is 1. The lowest BCUT2D eigenvalue weighted by molar-refractivity contribution is -0.255. The number of aryl methyl sites for hydroxylation is 1. The van der Waals surface area contributed by atoms with Gasteiger partial charge in [0.2, 0.25) is 0 Å². The molecule has 1 aliphatic rings. The summed E-state index contributed by atoms with van der Waals surface area (Å²) in [6.07, 6.45) is -3.12. The summed E-state index contributed by atoms with van der Waals surface area (Å²) in [5, 5.41) is 11.6. The van der Waals surface area contributed by atoms with Crippen LogP contribution >= 0.6 is 11.6 Å². The highest BCUT2D eigenvalue weighted by molar-refractivity contribution is 6.31. The number of hydrogen-bond donors (Lipinski definition) is 0. The van der Waals surface area contributed by atoms with E-state index in [0.717, 1.165) is 17.2 Å². The predicted molar refractivity (Wildman–Crippen MR) is 121 cm³/mol. The Labute approximate surface area is 203 Å². The predicted octanol–water partition coefficient (Wildman–Crippen LogP) is 6.24. The summed E-state index contributed by atoms with van der Waals surface area (Å²) in [5.74, 6) is -1.79. The molecule has 1 aliphatic carbocycles. The molecule has 0 N–H and O–H groups in total. The molecule has 0 amide bonds. The van der Waals surface area contributed by atoms with Crippen LogP contribution in [0.25, 0.3) is 11.1 Å². The maximum atomic E-state index is 13.4. The molecule has 0 spiro atoms. The van der Waals surface area contributed by atoms with E-state index in [1.54, 1.807) is 6.07 Å². The summed E-state index contributed by atoms with van der Waals surface area (Å²) < 4.78 is 59.7. The summed E-state index contributed by atoms with van der Waals surface area (Å²) >= 11 is 6.10. The van der Waals surface area contributed by atoms with Crippen molar-refractivity contribution in [1.82, 2.24) is 4.98 Å². The molecule has 9 heteroatoms. The number of pyridine rings is 1. The van der Waals surface area contributed by atoms with Crippen LogP contribution in [0, 0.1) is 12.7 Å².